The number of carboxylic acid groups (broad SMARTS) is 1. The van der Waals surface area contributed by atoms with E-state index in [1.807, 2.05) is 30.3 Å². The summed E-state index contributed by atoms with van der Waals surface area (Å²) in [6.45, 7) is 0. The van der Waals surface area contributed by atoms with Crippen molar-refractivity contribution in [3.63, 3.8) is 0 Å². The molecular weight excluding hydrogens is 356 g/mol. The first-order valence-corrected chi connectivity index (χ1v) is 9.30. The standard InChI is InChI=1S/C18H16N2O5S/c19-26(23,24)14-8-6-12(7-9-14)17-15(10-11-16(21)22)20-25-18(17)13-4-2-1-3-5-13/h1-9H,10-11H2,(H,21,22)(H2,19,23,24). The zero-order valence-corrected chi connectivity index (χ0v) is 14.4. The van der Waals surface area contributed by atoms with E-state index in [-0.39, 0.29) is 17.7 Å². The molecule has 3 aromatic rings. The minimum atomic E-state index is -3.80. The first-order chi connectivity index (χ1) is 12.4. The highest BCUT2D eigenvalue weighted by atomic mass is 32.2. The lowest BCUT2D eigenvalue weighted by Gasteiger charge is -2.06. The molecule has 3 N–H and O–H groups in total. The summed E-state index contributed by atoms with van der Waals surface area (Å²) in [6, 6.07) is 15.3. The van der Waals surface area contributed by atoms with E-state index in [1.54, 1.807) is 12.1 Å². The van der Waals surface area contributed by atoms with Gasteiger partial charge in [-0.3, -0.25) is 4.79 Å². The molecule has 0 aliphatic heterocycles. The molecule has 1 heterocycles. The number of nitrogens with two attached hydrogens (primary N) is 1. The van der Waals surface area contributed by atoms with Crippen LogP contribution in [0.5, 0.6) is 0 Å². The Bertz CT molecular complexity index is 1030. The Labute approximate surface area is 150 Å². The molecule has 0 radical (unpaired) electrons. The topological polar surface area (TPSA) is 123 Å². The molecule has 0 aliphatic rings. The van der Waals surface area contributed by atoms with Crippen LogP contribution < -0.4 is 5.14 Å². The normalized spacial score (nSPS) is 11.4. The molecule has 0 spiro atoms. The second-order valence-electron chi connectivity index (χ2n) is 5.66. The van der Waals surface area contributed by atoms with Crippen molar-refractivity contribution in [2.45, 2.75) is 17.7 Å². The maximum absolute atomic E-state index is 11.4. The van der Waals surface area contributed by atoms with Gasteiger partial charge in [0, 0.05) is 12.0 Å². The fraction of sp³-hybridized carbons (Fsp3) is 0.111. The molecule has 0 bridgehead atoms. The van der Waals surface area contributed by atoms with Crippen LogP contribution in [-0.2, 0) is 21.2 Å². The third-order valence-corrected chi connectivity index (χ3v) is 4.78. The summed E-state index contributed by atoms with van der Waals surface area (Å²) in [7, 11) is -3.80. The molecule has 7 nitrogen and oxygen atoms in total. The van der Waals surface area contributed by atoms with Crippen LogP contribution in [0.15, 0.2) is 64.0 Å². The minimum absolute atomic E-state index is 0.00829. The molecule has 1 aromatic heterocycles. The van der Waals surface area contributed by atoms with Gasteiger partial charge in [0.15, 0.2) is 5.76 Å². The molecule has 0 unspecified atom stereocenters. The van der Waals surface area contributed by atoms with Gasteiger partial charge in [0.1, 0.15) is 0 Å². The molecule has 0 aliphatic carbocycles. The number of carboxylic acids is 1. The zero-order valence-electron chi connectivity index (χ0n) is 13.6. The van der Waals surface area contributed by atoms with Crippen molar-refractivity contribution in [2.24, 2.45) is 5.14 Å². The highest BCUT2D eigenvalue weighted by Gasteiger charge is 2.20. The van der Waals surface area contributed by atoms with Gasteiger partial charge in [0.25, 0.3) is 0 Å². The molecule has 26 heavy (non-hydrogen) atoms. The maximum Gasteiger partial charge on any atom is 0.303 e. The molecule has 2 aromatic carbocycles. The van der Waals surface area contributed by atoms with Crippen LogP contribution in [-0.4, -0.2) is 24.7 Å². The van der Waals surface area contributed by atoms with Crippen molar-refractivity contribution in [2.75, 3.05) is 0 Å². The number of primary sulfonamides is 1. The molecule has 0 saturated heterocycles. The van der Waals surface area contributed by atoms with E-state index in [2.05, 4.69) is 5.16 Å². The number of carbonyl (C=O) groups is 1. The lowest BCUT2D eigenvalue weighted by molar-refractivity contribution is -0.136. The lowest BCUT2D eigenvalue weighted by atomic mass is 9.98. The third-order valence-electron chi connectivity index (χ3n) is 3.85. The number of aromatic nitrogens is 1. The van der Waals surface area contributed by atoms with Crippen molar-refractivity contribution in [3.05, 3.63) is 60.3 Å². The first kappa shape index (κ1) is 17.8. The highest BCUT2D eigenvalue weighted by Crippen LogP contribution is 2.36. The van der Waals surface area contributed by atoms with Gasteiger partial charge in [0.05, 0.1) is 22.6 Å². The molecule has 8 heteroatoms. The number of benzene rings is 2. The molecular formula is C18H16N2O5S. The molecule has 134 valence electrons. The van der Waals surface area contributed by atoms with Crippen molar-refractivity contribution in [1.82, 2.24) is 5.16 Å². The predicted octanol–water partition coefficient (Wildman–Crippen LogP) is 2.67. The monoisotopic (exact) mass is 372 g/mol. The Hall–Kier alpha value is -2.97. The largest absolute Gasteiger partial charge is 0.481 e. The Kier molecular flexibility index (Phi) is 4.88. The number of aryl methyl sites for hydroxylation is 1. The van der Waals surface area contributed by atoms with Crippen LogP contribution in [0.3, 0.4) is 0 Å². The maximum atomic E-state index is 11.4. The first-order valence-electron chi connectivity index (χ1n) is 7.75. The van der Waals surface area contributed by atoms with Gasteiger partial charge in [-0.25, -0.2) is 13.6 Å². The highest BCUT2D eigenvalue weighted by molar-refractivity contribution is 7.89. The van der Waals surface area contributed by atoms with E-state index in [0.29, 0.717) is 22.6 Å². The van der Waals surface area contributed by atoms with E-state index in [0.717, 1.165) is 5.56 Å². The van der Waals surface area contributed by atoms with Gasteiger partial charge >= 0.3 is 5.97 Å². The summed E-state index contributed by atoms with van der Waals surface area (Å²) in [5.74, 6) is -0.445. The second-order valence-corrected chi connectivity index (χ2v) is 7.22. The Morgan fingerprint density at radius 2 is 1.69 bits per heavy atom. The quantitative estimate of drug-likeness (QED) is 0.685. The van der Waals surface area contributed by atoms with Crippen LogP contribution in [0, 0.1) is 0 Å². The summed E-state index contributed by atoms with van der Waals surface area (Å²) >= 11 is 0. The minimum Gasteiger partial charge on any atom is -0.481 e. The Morgan fingerprint density at radius 3 is 2.27 bits per heavy atom. The van der Waals surface area contributed by atoms with Crippen LogP contribution in [0.1, 0.15) is 12.1 Å². The summed E-state index contributed by atoms with van der Waals surface area (Å²) in [4.78, 5) is 10.9. The SMILES string of the molecule is NS(=O)(=O)c1ccc(-c2c(CCC(=O)O)noc2-c2ccccc2)cc1. The molecule has 3 rings (SSSR count). The van der Waals surface area contributed by atoms with Gasteiger partial charge in [-0.15, -0.1) is 0 Å². The zero-order chi connectivity index (χ0) is 18.7. The Balaban J connectivity index is 2.10. The van der Waals surface area contributed by atoms with E-state index in [1.165, 1.54) is 12.1 Å². The van der Waals surface area contributed by atoms with Gasteiger partial charge < -0.3 is 9.63 Å². The van der Waals surface area contributed by atoms with Gasteiger partial charge in [-0.1, -0.05) is 47.6 Å². The van der Waals surface area contributed by atoms with Gasteiger partial charge in [-0.2, -0.15) is 0 Å². The average molecular weight is 372 g/mol. The van der Waals surface area contributed by atoms with Crippen molar-refractivity contribution in [3.8, 4) is 22.5 Å². The molecule has 0 amide bonds. The Morgan fingerprint density at radius 1 is 1.04 bits per heavy atom. The fourth-order valence-electron chi connectivity index (χ4n) is 2.61. The van der Waals surface area contributed by atoms with E-state index in [4.69, 9.17) is 14.8 Å². The molecule has 0 atom stereocenters. The average Bonchev–Trinajstić information content (AvgIpc) is 3.04. The molecule has 0 fully saturated rings. The van der Waals surface area contributed by atoms with Crippen LogP contribution in [0.25, 0.3) is 22.5 Å². The lowest BCUT2D eigenvalue weighted by Crippen LogP contribution is -2.11. The smallest absolute Gasteiger partial charge is 0.303 e. The van der Waals surface area contributed by atoms with E-state index < -0.39 is 16.0 Å². The van der Waals surface area contributed by atoms with Crippen LogP contribution in [0.2, 0.25) is 0 Å². The number of sulfonamides is 1. The van der Waals surface area contributed by atoms with Gasteiger partial charge in [-0.05, 0) is 17.7 Å². The van der Waals surface area contributed by atoms with Crippen LogP contribution >= 0.6 is 0 Å². The number of rotatable bonds is 6. The number of hydrogen-bond donors (Lipinski definition) is 2. The summed E-state index contributed by atoms with van der Waals surface area (Å²) < 4.78 is 28.4. The number of nitrogens with zero attached hydrogens (tertiary/aromatic N) is 1. The fourth-order valence-corrected chi connectivity index (χ4v) is 3.13. The third kappa shape index (κ3) is 3.81. The second kappa shape index (κ2) is 7.11. The van der Waals surface area contributed by atoms with Crippen LogP contribution in [0.4, 0.5) is 0 Å². The summed E-state index contributed by atoms with van der Waals surface area (Å²) in [6.07, 6.45) is 0.0982. The number of hydrogen-bond acceptors (Lipinski definition) is 5. The summed E-state index contributed by atoms with van der Waals surface area (Å²) in [5.41, 5.74) is 2.58. The van der Waals surface area contributed by atoms with E-state index in [9.17, 15) is 13.2 Å². The van der Waals surface area contributed by atoms with Crippen molar-refractivity contribution in [1.29, 1.82) is 0 Å². The summed E-state index contributed by atoms with van der Waals surface area (Å²) in [5, 5.41) is 18.1. The predicted molar refractivity (Wildman–Crippen MR) is 94.7 cm³/mol. The van der Waals surface area contributed by atoms with Gasteiger partial charge in [0.2, 0.25) is 10.0 Å². The van der Waals surface area contributed by atoms with Crippen molar-refractivity contribution >= 4 is 16.0 Å². The number of aliphatic carboxylic acids is 1. The molecule has 0 saturated carbocycles. The van der Waals surface area contributed by atoms with E-state index >= 15 is 0 Å². The van der Waals surface area contributed by atoms with Crippen molar-refractivity contribution < 1.29 is 22.8 Å².